The number of benzene rings is 1. The summed E-state index contributed by atoms with van der Waals surface area (Å²) in [5.41, 5.74) is 0.389. The van der Waals surface area contributed by atoms with E-state index in [2.05, 4.69) is 0 Å². The van der Waals surface area contributed by atoms with Crippen LogP contribution in [0.25, 0.3) is 0 Å². The van der Waals surface area contributed by atoms with Crippen molar-refractivity contribution in [1.82, 2.24) is 4.90 Å². The molecule has 1 heterocycles. The van der Waals surface area contributed by atoms with E-state index >= 15 is 0 Å². The fraction of sp³-hybridized carbons (Fsp3) is 0.467. The molecule has 1 N–H and O–H groups in total. The number of fused-ring (bicyclic) bond motifs is 1. The van der Waals surface area contributed by atoms with Crippen molar-refractivity contribution in [3.05, 3.63) is 35.9 Å². The van der Waals surface area contributed by atoms with Crippen LogP contribution in [0.1, 0.15) is 18.4 Å². The molecule has 1 amide bonds. The quantitative estimate of drug-likeness (QED) is 0.917. The van der Waals surface area contributed by atoms with Gasteiger partial charge in [-0.25, -0.2) is 4.79 Å². The fourth-order valence-electron chi connectivity index (χ4n) is 2.96. The Labute approximate surface area is 117 Å². The molecule has 2 atom stereocenters. The molecule has 1 saturated heterocycles. The van der Waals surface area contributed by atoms with E-state index in [1.807, 2.05) is 30.3 Å². The minimum atomic E-state index is -0.722. The van der Waals surface area contributed by atoms with Crippen LogP contribution in [0.15, 0.2) is 30.3 Å². The summed E-state index contributed by atoms with van der Waals surface area (Å²) in [5.74, 6) is -0.627. The van der Waals surface area contributed by atoms with Gasteiger partial charge in [-0.05, 0) is 24.3 Å². The van der Waals surface area contributed by atoms with Crippen LogP contribution in [-0.4, -0.2) is 35.2 Å². The van der Waals surface area contributed by atoms with E-state index in [0.717, 1.165) is 5.56 Å². The molecule has 5 heteroatoms. The van der Waals surface area contributed by atoms with Crippen molar-refractivity contribution >= 4 is 12.1 Å². The molecule has 2 unspecified atom stereocenters. The first-order valence-electron chi connectivity index (χ1n) is 6.81. The summed E-state index contributed by atoms with van der Waals surface area (Å²) in [5, 5.41) is 9.18. The van der Waals surface area contributed by atoms with Crippen molar-refractivity contribution in [3.63, 3.8) is 0 Å². The van der Waals surface area contributed by atoms with Gasteiger partial charge in [0.2, 0.25) is 0 Å². The van der Waals surface area contributed by atoms with E-state index in [9.17, 15) is 14.7 Å². The largest absolute Gasteiger partial charge is 0.481 e. The second kappa shape index (κ2) is 4.81. The Morgan fingerprint density at radius 2 is 2.10 bits per heavy atom. The average Bonchev–Trinajstić information content (AvgIpc) is 3.21. The van der Waals surface area contributed by atoms with Gasteiger partial charge in [-0.3, -0.25) is 4.79 Å². The normalized spacial score (nSPS) is 27.6. The number of carboxylic acids is 1. The highest BCUT2D eigenvalue weighted by Gasteiger charge is 2.62. The number of carboxylic acid groups (broad SMARTS) is 1. The van der Waals surface area contributed by atoms with Gasteiger partial charge in [-0.15, -0.1) is 0 Å². The molecule has 0 spiro atoms. The molecular weight excluding hydrogens is 258 g/mol. The average molecular weight is 275 g/mol. The van der Waals surface area contributed by atoms with Crippen LogP contribution in [0.2, 0.25) is 0 Å². The third-order valence-electron chi connectivity index (χ3n) is 4.39. The van der Waals surface area contributed by atoms with Crippen LogP contribution in [0.4, 0.5) is 4.79 Å². The molecule has 0 aromatic heterocycles. The van der Waals surface area contributed by atoms with E-state index in [1.165, 1.54) is 0 Å². The van der Waals surface area contributed by atoms with Crippen molar-refractivity contribution in [1.29, 1.82) is 0 Å². The van der Waals surface area contributed by atoms with Gasteiger partial charge in [0, 0.05) is 13.1 Å². The minimum Gasteiger partial charge on any atom is -0.481 e. The lowest BCUT2D eigenvalue weighted by Gasteiger charge is -2.28. The van der Waals surface area contributed by atoms with E-state index < -0.39 is 11.4 Å². The lowest BCUT2D eigenvalue weighted by atomic mass is 9.96. The molecule has 0 radical (unpaired) electrons. The maximum absolute atomic E-state index is 12.0. The second-order valence-electron chi connectivity index (χ2n) is 5.60. The summed E-state index contributed by atoms with van der Waals surface area (Å²) in [7, 11) is 0. The predicted octanol–water partition coefficient (Wildman–Crippen LogP) is 2.12. The standard InChI is InChI=1S/C15H17NO4/c17-13(18)15-6-7-16(9-12(15)8-15)14(19)20-10-11-4-2-1-3-5-11/h1-5,12H,6-10H2,(H,17,18). The number of piperidine rings is 1. The van der Waals surface area contributed by atoms with Crippen molar-refractivity contribution in [2.75, 3.05) is 13.1 Å². The van der Waals surface area contributed by atoms with Crippen LogP contribution >= 0.6 is 0 Å². The summed E-state index contributed by atoms with van der Waals surface area (Å²) >= 11 is 0. The molecule has 5 nitrogen and oxygen atoms in total. The summed E-state index contributed by atoms with van der Waals surface area (Å²) < 4.78 is 5.27. The molecule has 1 saturated carbocycles. The third kappa shape index (κ3) is 2.24. The maximum atomic E-state index is 12.0. The summed E-state index contributed by atoms with van der Waals surface area (Å²) in [6.45, 7) is 1.22. The Morgan fingerprint density at radius 3 is 2.75 bits per heavy atom. The number of hydrogen-bond donors (Lipinski definition) is 1. The van der Waals surface area contributed by atoms with Gasteiger partial charge < -0.3 is 14.7 Å². The lowest BCUT2D eigenvalue weighted by molar-refractivity contribution is -0.145. The van der Waals surface area contributed by atoms with Crippen LogP contribution in [0, 0.1) is 11.3 Å². The number of carbonyl (C=O) groups is 2. The molecule has 1 aromatic rings. The van der Waals surface area contributed by atoms with E-state index in [0.29, 0.717) is 25.9 Å². The topological polar surface area (TPSA) is 66.8 Å². The number of rotatable bonds is 3. The van der Waals surface area contributed by atoms with Gasteiger partial charge in [0.05, 0.1) is 5.41 Å². The van der Waals surface area contributed by atoms with E-state index in [4.69, 9.17) is 4.74 Å². The zero-order valence-corrected chi connectivity index (χ0v) is 11.1. The van der Waals surface area contributed by atoms with Gasteiger partial charge >= 0.3 is 12.1 Å². The number of carbonyl (C=O) groups excluding carboxylic acids is 1. The van der Waals surface area contributed by atoms with Gasteiger partial charge in [0.25, 0.3) is 0 Å². The molecule has 2 aliphatic rings. The first-order valence-corrected chi connectivity index (χ1v) is 6.81. The smallest absolute Gasteiger partial charge is 0.410 e. The monoisotopic (exact) mass is 275 g/mol. The minimum absolute atomic E-state index is 0.0954. The highest BCUT2D eigenvalue weighted by atomic mass is 16.6. The number of likely N-dealkylation sites (tertiary alicyclic amines) is 1. The van der Waals surface area contributed by atoms with Crippen molar-refractivity contribution in [3.8, 4) is 0 Å². The van der Waals surface area contributed by atoms with Gasteiger partial charge in [0.15, 0.2) is 0 Å². The molecule has 1 aliphatic heterocycles. The number of nitrogens with zero attached hydrogens (tertiary/aromatic N) is 1. The molecule has 0 bridgehead atoms. The number of hydrogen-bond acceptors (Lipinski definition) is 3. The molecule has 1 aliphatic carbocycles. The Balaban J connectivity index is 1.51. The number of ether oxygens (including phenoxy) is 1. The molecule has 20 heavy (non-hydrogen) atoms. The van der Waals surface area contributed by atoms with Crippen LogP contribution in [-0.2, 0) is 16.1 Å². The van der Waals surface area contributed by atoms with Gasteiger partial charge in [-0.2, -0.15) is 0 Å². The van der Waals surface area contributed by atoms with Crippen LogP contribution < -0.4 is 0 Å². The van der Waals surface area contributed by atoms with Crippen molar-refractivity contribution < 1.29 is 19.4 Å². The second-order valence-corrected chi connectivity index (χ2v) is 5.60. The number of aliphatic carboxylic acids is 1. The Hall–Kier alpha value is -2.04. The first kappa shape index (κ1) is 13.0. The molecular formula is C15H17NO4. The van der Waals surface area contributed by atoms with Gasteiger partial charge in [0.1, 0.15) is 6.61 Å². The number of amides is 1. The van der Waals surface area contributed by atoms with E-state index in [-0.39, 0.29) is 18.6 Å². The van der Waals surface area contributed by atoms with Crippen molar-refractivity contribution in [2.24, 2.45) is 11.3 Å². The highest BCUT2D eigenvalue weighted by Crippen LogP contribution is 2.58. The van der Waals surface area contributed by atoms with Crippen LogP contribution in [0.3, 0.4) is 0 Å². The summed E-state index contributed by atoms with van der Waals surface area (Å²) in [6, 6.07) is 9.51. The molecule has 2 fully saturated rings. The first-order chi connectivity index (χ1) is 9.62. The fourth-order valence-corrected chi connectivity index (χ4v) is 2.96. The van der Waals surface area contributed by atoms with Crippen LogP contribution in [0.5, 0.6) is 0 Å². The summed E-state index contributed by atoms with van der Waals surface area (Å²) in [6.07, 6.45) is 0.873. The Kier molecular flexibility index (Phi) is 3.12. The molecule has 1 aromatic carbocycles. The highest BCUT2D eigenvalue weighted by molar-refractivity contribution is 5.79. The molecule has 3 rings (SSSR count). The maximum Gasteiger partial charge on any atom is 0.410 e. The summed E-state index contributed by atoms with van der Waals surface area (Å²) in [4.78, 5) is 24.8. The van der Waals surface area contributed by atoms with Crippen molar-refractivity contribution in [2.45, 2.75) is 19.4 Å². The SMILES string of the molecule is O=C(OCc1ccccc1)N1CCC2(C(=O)O)CC2C1. The Bertz CT molecular complexity index is 530. The predicted molar refractivity (Wildman–Crippen MR) is 71.0 cm³/mol. The van der Waals surface area contributed by atoms with E-state index in [1.54, 1.807) is 4.90 Å². The zero-order valence-electron chi connectivity index (χ0n) is 11.1. The zero-order chi connectivity index (χ0) is 14.2. The lowest BCUT2D eigenvalue weighted by Crippen LogP contribution is -2.41. The van der Waals surface area contributed by atoms with Gasteiger partial charge in [-0.1, -0.05) is 30.3 Å². The third-order valence-corrected chi connectivity index (χ3v) is 4.39. The molecule has 106 valence electrons. The Morgan fingerprint density at radius 1 is 1.35 bits per heavy atom.